The molecule has 4 rings (SSSR count). The van der Waals surface area contributed by atoms with Crippen molar-refractivity contribution in [1.29, 1.82) is 0 Å². The van der Waals surface area contributed by atoms with Crippen LogP contribution in [0, 0.1) is 11.6 Å². The molecule has 134 valence electrons. The molecule has 0 saturated heterocycles. The van der Waals surface area contributed by atoms with Crippen molar-refractivity contribution in [3.8, 4) is 11.1 Å². The molecule has 4 nitrogen and oxygen atoms in total. The van der Waals surface area contributed by atoms with Crippen molar-refractivity contribution in [2.24, 2.45) is 0 Å². The number of rotatable bonds is 3. The first-order valence-electron chi connectivity index (χ1n) is 8.35. The summed E-state index contributed by atoms with van der Waals surface area (Å²) in [6, 6.07) is 14.5. The number of fused-ring (bicyclic) bond motifs is 1. The third-order valence-electron chi connectivity index (χ3n) is 4.51. The van der Waals surface area contributed by atoms with Gasteiger partial charge >= 0.3 is 0 Å². The predicted molar refractivity (Wildman–Crippen MR) is 103 cm³/mol. The van der Waals surface area contributed by atoms with Crippen LogP contribution in [0.2, 0.25) is 0 Å². The lowest BCUT2D eigenvalue weighted by molar-refractivity contribution is 0.630. The number of hydrogen-bond acceptors (Lipinski definition) is 4. The highest BCUT2D eigenvalue weighted by Gasteiger charge is 2.12. The zero-order valence-corrected chi connectivity index (χ0v) is 14.3. The summed E-state index contributed by atoms with van der Waals surface area (Å²) in [5, 5.41) is 9.14. The van der Waals surface area contributed by atoms with Gasteiger partial charge < -0.3 is 11.5 Å². The van der Waals surface area contributed by atoms with E-state index < -0.39 is 0 Å². The molecule has 0 fully saturated rings. The molecule has 4 N–H and O–H groups in total. The molecule has 0 aliphatic heterocycles. The molecule has 0 aliphatic rings. The molecule has 0 spiro atoms. The minimum Gasteiger partial charge on any atom is -0.397 e. The van der Waals surface area contributed by atoms with E-state index in [9.17, 15) is 8.78 Å². The Hall–Kier alpha value is -3.54. The third-order valence-corrected chi connectivity index (χ3v) is 4.51. The maximum Gasteiger partial charge on any atom is 0.133 e. The minimum atomic E-state index is -0.377. The van der Waals surface area contributed by atoms with Crippen LogP contribution in [0.1, 0.15) is 11.3 Å². The van der Waals surface area contributed by atoms with E-state index in [2.05, 4.69) is 10.2 Å². The zero-order valence-electron chi connectivity index (χ0n) is 14.3. The van der Waals surface area contributed by atoms with Crippen molar-refractivity contribution in [1.82, 2.24) is 10.2 Å². The van der Waals surface area contributed by atoms with Crippen molar-refractivity contribution in [2.45, 2.75) is 6.42 Å². The molecule has 0 aliphatic carbocycles. The lowest BCUT2D eigenvalue weighted by atomic mass is 9.98. The summed E-state index contributed by atoms with van der Waals surface area (Å²) >= 11 is 0. The predicted octanol–water partition coefficient (Wildman–Crippen LogP) is 4.33. The van der Waals surface area contributed by atoms with Gasteiger partial charge in [-0.15, -0.1) is 0 Å². The Kier molecular flexibility index (Phi) is 4.16. The SMILES string of the molecule is Nc1ccc(-c2cc(Cc3nncc4cccc(F)c34)ccc2F)cc1N. The second kappa shape index (κ2) is 6.64. The number of nitrogens with zero attached hydrogens (tertiary/aromatic N) is 2. The van der Waals surface area contributed by atoms with Crippen LogP contribution in [0.4, 0.5) is 20.2 Å². The molecule has 0 saturated carbocycles. The molecule has 0 atom stereocenters. The van der Waals surface area contributed by atoms with Crippen LogP contribution >= 0.6 is 0 Å². The fourth-order valence-corrected chi connectivity index (χ4v) is 3.13. The van der Waals surface area contributed by atoms with Gasteiger partial charge in [0.2, 0.25) is 0 Å². The van der Waals surface area contributed by atoms with Crippen LogP contribution < -0.4 is 11.5 Å². The van der Waals surface area contributed by atoms with Gasteiger partial charge in [0.25, 0.3) is 0 Å². The van der Waals surface area contributed by atoms with Crippen LogP contribution in [-0.4, -0.2) is 10.2 Å². The fourth-order valence-electron chi connectivity index (χ4n) is 3.13. The molecule has 6 heteroatoms. The molecule has 1 heterocycles. The molecular weight excluding hydrogens is 346 g/mol. The van der Waals surface area contributed by atoms with Gasteiger partial charge in [-0.1, -0.05) is 24.3 Å². The lowest BCUT2D eigenvalue weighted by Gasteiger charge is -2.10. The van der Waals surface area contributed by atoms with Gasteiger partial charge in [-0.2, -0.15) is 10.2 Å². The normalized spacial score (nSPS) is 11.0. The number of hydrogen-bond donors (Lipinski definition) is 2. The maximum atomic E-state index is 14.4. The molecule has 3 aromatic carbocycles. The van der Waals surface area contributed by atoms with Gasteiger partial charge in [0, 0.05) is 22.8 Å². The van der Waals surface area contributed by atoms with Crippen molar-refractivity contribution < 1.29 is 8.78 Å². The van der Waals surface area contributed by atoms with Gasteiger partial charge in [0.1, 0.15) is 11.6 Å². The summed E-state index contributed by atoms with van der Waals surface area (Å²) in [4.78, 5) is 0. The van der Waals surface area contributed by atoms with E-state index in [0.717, 1.165) is 5.56 Å². The van der Waals surface area contributed by atoms with E-state index in [-0.39, 0.29) is 11.6 Å². The molecule has 1 aromatic heterocycles. The first-order valence-corrected chi connectivity index (χ1v) is 8.35. The first kappa shape index (κ1) is 16.9. The summed E-state index contributed by atoms with van der Waals surface area (Å²) in [6.07, 6.45) is 1.85. The van der Waals surface area contributed by atoms with Crippen molar-refractivity contribution in [3.63, 3.8) is 0 Å². The Morgan fingerprint density at radius 1 is 0.852 bits per heavy atom. The Morgan fingerprint density at radius 2 is 1.70 bits per heavy atom. The smallest absolute Gasteiger partial charge is 0.133 e. The van der Waals surface area contributed by atoms with Crippen molar-refractivity contribution >= 4 is 22.1 Å². The number of anilines is 2. The Balaban J connectivity index is 1.77. The van der Waals surface area contributed by atoms with E-state index in [1.807, 2.05) is 0 Å². The van der Waals surface area contributed by atoms with E-state index >= 15 is 0 Å². The third kappa shape index (κ3) is 3.17. The van der Waals surface area contributed by atoms with E-state index in [1.165, 1.54) is 18.3 Å². The molecule has 0 amide bonds. The molecular formula is C21H16F2N4. The fraction of sp³-hybridized carbons (Fsp3) is 0.0476. The highest BCUT2D eigenvalue weighted by Crippen LogP contribution is 2.29. The highest BCUT2D eigenvalue weighted by molar-refractivity contribution is 5.84. The summed E-state index contributed by atoms with van der Waals surface area (Å²) < 4.78 is 28.7. The number of benzene rings is 3. The van der Waals surface area contributed by atoms with Crippen LogP contribution in [0.5, 0.6) is 0 Å². The molecule has 27 heavy (non-hydrogen) atoms. The maximum absolute atomic E-state index is 14.4. The summed E-state index contributed by atoms with van der Waals surface area (Å²) in [5.41, 5.74) is 14.7. The van der Waals surface area contributed by atoms with Crippen LogP contribution in [0.3, 0.4) is 0 Å². The minimum absolute atomic E-state index is 0.322. The van der Waals surface area contributed by atoms with Crippen molar-refractivity contribution in [2.75, 3.05) is 11.5 Å². The van der Waals surface area contributed by atoms with Crippen LogP contribution in [-0.2, 0) is 6.42 Å². The van der Waals surface area contributed by atoms with E-state index in [0.29, 0.717) is 45.4 Å². The van der Waals surface area contributed by atoms with Gasteiger partial charge in [-0.25, -0.2) is 8.78 Å². The number of nitrogens with two attached hydrogens (primary N) is 2. The molecule has 0 bridgehead atoms. The second-order valence-corrected chi connectivity index (χ2v) is 6.33. The van der Waals surface area contributed by atoms with Crippen LogP contribution in [0.25, 0.3) is 21.9 Å². The number of nitrogen functional groups attached to an aromatic ring is 2. The van der Waals surface area contributed by atoms with Crippen molar-refractivity contribution in [3.05, 3.63) is 83.7 Å². The van der Waals surface area contributed by atoms with Gasteiger partial charge in [-0.3, -0.25) is 0 Å². The standard InChI is InChI=1S/C21H16F2N4/c22-16-6-4-12(8-15(16)13-5-7-18(24)19(25)10-13)9-20-21-14(11-26-27-20)2-1-3-17(21)23/h1-8,10-11H,9,24-25H2. The highest BCUT2D eigenvalue weighted by atomic mass is 19.1. The zero-order chi connectivity index (χ0) is 19.0. The summed E-state index contributed by atoms with van der Waals surface area (Å²) in [5.74, 6) is -0.732. The average Bonchev–Trinajstić information content (AvgIpc) is 2.66. The Bertz CT molecular complexity index is 1150. The average molecular weight is 362 g/mol. The lowest BCUT2D eigenvalue weighted by Crippen LogP contribution is -1.99. The second-order valence-electron chi connectivity index (χ2n) is 6.33. The Labute approximate surface area is 154 Å². The van der Waals surface area contributed by atoms with Gasteiger partial charge in [0.15, 0.2) is 0 Å². The number of halogens is 2. The molecule has 0 radical (unpaired) electrons. The van der Waals surface area contributed by atoms with Gasteiger partial charge in [-0.05, 0) is 41.5 Å². The van der Waals surface area contributed by atoms with Crippen LogP contribution in [0.15, 0.2) is 60.8 Å². The summed E-state index contributed by atoms with van der Waals surface area (Å²) in [7, 11) is 0. The molecule has 0 unspecified atom stereocenters. The topological polar surface area (TPSA) is 77.8 Å². The molecule has 4 aromatic rings. The van der Waals surface area contributed by atoms with E-state index in [1.54, 1.807) is 42.5 Å². The number of aromatic nitrogens is 2. The Morgan fingerprint density at radius 3 is 2.52 bits per heavy atom. The largest absolute Gasteiger partial charge is 0.397 e. The first-order chi connectivity index (χ1) is 13.0. The van der Waals surface area contributed by atoms with Gasteiger partial charge in [0.05, 0.1) is 23.3 Å². The van der Waals surface area contributed by atoms with E-state index in [4.69, 9.17) is 11.5 Å². The summed E-state index contributed by atoms with van der Waals surface area (Å²) in [6.45, 7) is 0. The monoisotopic (exact) mass is 362 g/mol. The quantitative estimate of drug-likeness (QED) is 0.532.